The highest BCUT2D eigenvalue weighted by Crippen LogP contribution is 2.49. The molecule has 2 aromatic carbocycles. The van der Waals surface area contributed by atoms with Crippen molar-refractivity contribution in [3.8, 4) is 0 Å². The number of Topliss-reactive ketones (excluding diaryl/α,β-unsaturated/α-hetero) is 1. The largest absolute Gasteiger partial charge is 0.294 e. The van der Waals surface area contributed by atoms with E-state index in [1.54, 1.807) is 12.1 Å². The number of hydrogen-bond acceptors (Lipinski definition) is 1. The Morgan fingerprint density at radius 1 is 1.05 bits per heavy atom. The molecule has 19 heavy (non-hydrogen) atoms. The van der Waals surface area contributed by atoms with Crippen molar-refractivity contribution in [1.29, 1.82) is 0 Å². The zero-order valence-electron chi connectivity index (χ0n) is 10.8. The van der Waals surface area contributed by atoms with Crippen LogP contribution in [0, 0.1) is 18.7 Å². The molecule has 0 heterocycles. The highest BCUT2D eigenvalue weighted by Gasteiger charge is 2.43. The molecular weight excluding hydrogens is 239 g/mol. The molecule has 1 fully saturated rings. The summed E-state index contributed by atoms with van der Waals surface area (Å²) in [6, 6.07) is 14.2. The van der Waals surface area contributed by atoms with Crippen molar-refractivity contribution in [3.63, 3.8) is 0 Å². The lowest BCUT2D eigenvalue weighted by Gasteiger charge is -2.02. The second-order valence-corrected chi connectivity index (χ2v) is 5.23. The number of carbonyl (C=O) groups excluding carboxylic acids is 1. The molecule has 2 atom stereocenters. The summed E-state index contributed by atoms with van der Waals surface area (Å²) in [6.07, 6.45) is 0.902. The Labute approximate surface area is 112 Å². The van der Waals surface area contributed by atoms with Gasteiger partial charge < -0.3 is 0 Å². The van der Waals surface area contributed by atoms with E-state index in [9.17, 15) is 9.18 Å². The number of carbonyl (C=O) groups is 1. The summed E-state index contributed by atoms with van der Waals surface area (Å²) in [5.74, 6) is 0.222. The molecule has 0 spiro atoms. The molecule has 0 unspecified atom stereocenters. The van der Waals surface area contributed by atoms with Gasteiger partial charge in [0.1, 0.15) is 5.82 Å². The van der Waals surface area contributed by atoms with Gasteiger partial charge in [-0.25, -0.2) is 4.39 Å². The maximum atomic E-state index is 12.8. The Kier molecular flexibility index (Phi) is 2.94. The predicted molar refractivity (Wildman–Crippen MR) is 72.8 cm³/mol. The smallest absolute Gasteiger partial charge is 0.166 e. The average Bonchev–Trinajstić information content (AvgIpc) is 3.20. The number of rotatable bonds is 3. The Balaban J connectivity index is 1.74. The fourth-order valence-electron chi connectivity index (χ4n) is 2.50. The second-order valence-electron chi connectivity index (χ2n) is 5.23. The summed E-state index contributed by atoms with van der Waals surface area (Å²) in [5.41, 5.74) is 3.07. The molecule has 0 N–H and O–H groups in total. The van der Waals surface area contributed by atoms with Crippen LogP contribution in [0.15, 0.2) is 48.5 Å². The number of aryl methyl sites for hydroxylation is 1. The van der Waals surface area contributed by atoms with Crippen LogP contribution in [0.25, 0.3) is 0 Å². The molecule has 0 saturated heterocycles. The van der Waals surface area contributed by atoms with Gasteiger partial charge in [0.05, 0.1) is 0 Å². The summed E-state index contributed by atoms with van der Waals surface area (Å²) < 4.78 is 12.8. The zero-order valence-corrected chi connectivity index (χ0v) is 10.8. The fraction of sp³-hybridized carbons (Fsp3) is 0.235. The molecule has 0 radical (unpaired) electrons. The van der Waals surface area contributed by atoms with Gasteiger partial charge in [0.2, 0.25) is 0 Å². The number of ketones is 1. The first-order chi connectivity index (χ1) is 9.15. The van der Waals surface area contributed by atoms with Gasteiger partial charge >= 0.3 is 0 Å². The van der Waals surface area contributed by atoms with Crippen molar-refractivity contribution in [1.82, 2.24) is 0 Å². The van der Waals surface area contributed by atoms with E-state index in [2.05, 4.69) is 31.2 Å². The molecule has 96 valence electrons. The SMILES string of the molecule is Cc1ccc([C@H]2C[C@H]2C(=O)c2ccc(F)cc2)cc1. The number of halogens is 1. The lowest BCUT2D eigenvalue weighted by molar-refractivity contribution is 0.0965. The molecule has 0 aliphatic heterocycles. The molecular formula is C17H15FO. The summed E-state index contributed by atoms with van der Waals surface area (Å²) in [4.78, 5) is 12.2. The van der Waals surface area contributed by atoms with Crippen LogP contribution in [0.5, 0.6) is 0 Å². The first-order valence-corrected chi connectivity index (χ1v) is 6.51. The van der Waals surface area contributed by atoms with E-state index in [0.29, 0.717) is 11.5 Å². The van der Waals surface area contributed by atoms with Crippen LogP contribution in [-0.2, 0) is 0 Å². The third-order valence-corrected chi connectivity index (χ3v) is 3.76. The topological polar surface area (TPSA) is 17.1 Å². The standard InChI is InChI=1S/C17H15FO/c1-11-2-4-12(5-3-11)15-10-16(15)17(19)13-6-8-14(18)9-7-13/h2-9,15-16H,10H2,1H3/t15-,16-/m1/s1. The molecule has 1 aliphatic rings. The lowest BCUT2D eigenvalue weighted by Crippen LogP contribution is -2.03. The molecule has 2 heteroatoms. The molecule has 1 nitrogen and oxygen atoms in total. The minimum Gasteiger partial charge on any atom is -0.294 e. The van der Waals surface area contributed by atoms with Gasteiger partial charge in [0.15, 0.2) is 5.78 Å². The molecule has 0 bridgehead atoms. The maximum absolute atomic E-state index is 12.8. The Morgan fingerprint density at radius 2 is 1.68 bits per heavy atom. The minimum absolute atomic E-state index is 0.0631. The normalized spacial score (nSPS) is 21.2. The second kappa shape index (κ2) is 4.61. The Morgan fingerprint density at radius 3 is 2.32 bits per heavy atom. The quantitative estimate of drug-likeness (QED) is 0.753. The molecule has 2 aromatic rings. The van der Waals surface area contributed by atoms with E-state index in [-0.39, 0.29) is 17.5 Å². The van der Waals surface area contributed by atoms with Crippen molar-refractivity contribution in [2.24, 2.45) is 5.92 Å². The van der Waals surface area contributed by atoms with Gasteiger partial charge in [0, 0.05) is 11.5 Å². The molecule has 3 rings (SSSR count). The highest BCUT2D eigenvalue weighted by molar-refractivity contribution is 6.00. The average molecular weight is 254 g/mol. The maximum Gasteiger partial charge on any atom is 0.166 e. The van der Waals surface area contributed by atoms with Gasteiger partial charge in [-0.15, -0.1) is 0 Å². The van der Waals surface area contributed by atoms with E-state index in [1.165, 1.54) is 23.3 Å². The van der Waals surface area contributed by atoms with Crippen LogP contribution in [0.2, 0.25) is 0 Å². The van der Waals surface area contributed by atoms with Gasteiger partial charge in [-0.3, -0.25) is 4.79 Å². The van der Waals surface area contributed by atoms with E-state index in [4.69, 9.17) is 0 Å². The minimum atomic E-state index is -0.303. The first kappa shape index (κ1) is 12.1. The molecule has 1 saturated carbocycles. The number of benzene rings is 2. The van der Waals surface area contributed by atoms with Crippen LogP contribution in [-0.4, -0.2) is 5.78 Å². The van der Waals surface area contributed by atoms with Crippen molar-refractivity contribution < 1.29 is 9.18 Å². The summed E-state index contributed by atoms with van der Waals surface area (Å²) in [5, 5.41) is 0. The lowest BCUT2D eigenvalue weighted by atomic mass is 10.0. The monoisotopic (exact) mass is 254 g/mol. The number of hydrogen-bond donors (Lipinski definition) is 0. The van der Waals surface area contributed by atoms with Gasteiger partial charge in [0.25, 0.3) is 0 Å². The van der Waals surface area contributed by atoms with E-state index in [1.807, 2.05) is 0 Å². The highest BCUT2D eigenvalue weighted by atomic mass is 19.1. The molecule has 1 aliphatic carbocycles. The van der Waals surface area contributed by atoms with Crippen LogP contribution in [0.3, 0.4) is 0 Å². The third kappa shape index (κ3) is 2.43. The van der Waals surface area contributed by atoms with Crippen LogP contribution >= 0.6 is 0 Å². The molecule has 0 aromatic heterocycles. The van der Waals surface area contributed by atoms with E-state index < -0.39 is 0 Å². The van der Waals surface area contributed by atoms with Gasteiger partial charge in [-0.1, -0.05) is 29.8 Å². The van der Waals surface area contributed by atoms with E-state index in [0.717, 1.165) is 6.42 Å². The molecule has 0 amide bonds. The van der Waals surface area contributed by atoms with Crippen molar-refractivity contribution in [3.05, 3.63) is 71.0 Å². The Bertz CT molecular complexity index is 598. The summed E-state index contributed by atoms with van der Waals surface area (Å²) >= 11 is 0. The summed E-state index contributed by atoms with van der Waals surface area (Å²) in [6.45, 7) is 2.05. The van der Waals surface area contributed by atoms with E-state index >= 15 is 0 Å². The zero-order chi connectivity index (χ0) is 13.4. The Hall–Kier alpha value is -1.96. The van der Waals surface area contributed by atoms with Crippen molar-refractivity contribution >= 4 is 5.78 Å². The summed E-state index contributed by atoms with van der Waals surface area (Å²) in [7, 11) is 0. The predicted octanol–water partition coefficient (Wildman–Crippen LogP) is 4.12. The van der Waals surface area contributed by atoms with Crippen LogP contribution in [0.4, 0.5) is 4.39 Å². The van der Waals surface area contributed by atoms with Gasteiger partial charge in [-0.2, -0.15) is 0 Å². The van der Waals surface area contributed by atoms with Crippen molar-refractivity contribution in [2.75, 3.05) is 0 Å². The van der Waals surface area contributed by atoms with Crippen LogP contribution in [0.1, 0.15) is 33.8 Å². The third-order valence-electron chi connectivity index (χ3n) is 3.76. The van der Waals surface area contributed by atoms with Crippen LogP contribution < -0.4 is 0 Å². The fourth-order valence-corrected chi connectivity index (χ4v) is 2.50. The first-order valence-electron chi connectivity index (χ1n) is 6.51. The van der Waals surface area contributed by atoms with Gasteiger partial charge in [-0.05, 0) is 49.1 Å². The van der Waals surface area contributed by atoms with Crippen molar-refractivity contribution in [2.45, 2.75) is 19.3 Å².